The first-order valence-corrected chi connectivity index (χ1v) is 9.57. The third-order valence-corrected chi connectivity index (χ3v) is 5.10. The largest absolute Gasteiger partial charge is 0.494 e. The van der Waals surface area contributed by atoms with Crippen LogP contribution in [-0.2, 0) is 4.79 Å². The molecule has 0 radical (unpaired) electrons. The molecule has 2 heterocycles. The smallest absolute Gasteiger partial charge is 0.232 e. The zero-order valence-corrected chi connectivity index (χ0v) is 16.4. The Balaban J connectivity index is 1.54. The molecule has 1 atom stereocenters. The second-order valence-electron chi connectivity index (χ2n) is 6.72. The number of aromatic nitrogens is 2. The Hall–Kier alpha value is -2.86. The molecule has 144 valence electrons. The standard InChI is InChI=1S/C21H20ClN3O3/c1-3-27-16-9-7-14(8-10-16)20-23-21(28-24-20)15-11-18(26)25(12-15)19-13(2)5-4-6-17(19)22/h4-10,15H,3,11-12H2,1-2H3. The summed E-state index contributed by atoms with van der Waals surface area (Å²) in [4.78, 5) is 18.8. The Morgan fingerprint density at radius 3 is 2.75 bits per heavy atom. The molecular formula is C21H20ClN3O3. The summed E-state index contributed by atoms with van der Waals surface area (Å²) in [6, 6.07) is 13.1. The van der Waals surface area contributed by atoms with Gasteiger partial charge >= 0.3 is 0 Å². The van der Waals surface area contributed by atoms with Crippen LogP contribution >= 0.6 is 11.6 Å². The number of para-hydroxylation sites is 1. The van der Waals surface area contributed by atoms with Gasteiger partial charge in [-0.3, -0.25) is 4.79 Å². The molecule has 1 unspecified atom stereocenters. The predicted molar refractivity (Wildman–Crippen MR) is 107 cm³/mol. The van der Waals surface area contributed by atoms with Crippen molar-refractivity contribution in [1.29, 1.82) is 0 Å². The molecule has 0 spiro atoms. The second-order valence-corrected chi connectivity index (χ2v) is 7.13. The van der Waals surface area contributed by atoms with Crippen molar-refractivity contribution in [3.05, 3.63) is 58.9 Å². The Labute approximate surface area is 168 Å². The lowest BCUT2D eigenvalue weighted by Gasteiger charge is -2.20. The van der Waals surface area contributed by atoms with Crippen LogP contribution in [0.25, 0.3) is 11.4 Å². The van der Waals surface area contributed by atoms with E-state index in [1.54, 1.807) is 11.0 Å². The van der Waals surface area contributed by atoms with Crippen LogP contribution in [0, 0.1) is 6.92 Å². The van der Waals surface area contributed by atoms with Crippen molar-refractivity contribution in [3.8, 4) is 17.1 Å². The number of ether oxygens (including phenoxy) is 1. The van der Waals surface area contributed by atoms with E-state index in [0.29, 0.717) is 36.3 Å². The summed E-state index contributed by atoms with van der Waals surface area (Å²) in [7, 11) is 0. The number of amides is 1. The molecule has 3 aromatic rings. The Morgan fingerprint density at radius 1 is 1.25 bits per heavy atom. The molecule has 1 amide bonds. The highest BCUT2D eigenvalue weighted by atomic mass is 35.5. The Kier molecular flexibility index (Phi) is 5.05. The summed E-state index contributed by atoms with van der Waals surface area (Å²) in [5.41, 5.74) is 2.55. The number of rotatable bonds is 5. The van der Waals surface area contributed by atoms with Gasteiger partial charge < -0.3 is 14.2 Å². The van der Waals surface area contributed by atoms with Gasteiger partial charge in [0, 0.05) is 18.5 Å². The van der Waals surface area contributed by atoms with E-state index in [2.05, 4.69) is 10.1 Å². The van der Waals surface area contributed by atoms with Crippen molar-refractivity contribution < 1.29 is 14.1 Å². The summed E-state index contributed by atoms with van der Waals surface area (Å²) in [5, 5.41) is 4.65. The van der Waals surface area contributed by atoms with Crippen molar-refractivity contribution in [2.75, 3.05) is 18.1 Å². The van der Waals surface area contributed by atoms with Crippen molar-refractivity contribution in [2.45, 2.75) is 26.2 Å². The van der Waals surface area contributed by atoms with E-state index in [1.165, 1.54) is 0 Å². The quantitative estimate of drug-likeness (QED) is 0.628. The maximum absolute atomic E-state index is 12.6. The summed E-state index contributed by atoms with van der Waals surface area (Å²) in [6.45, 7) is 4.96. The van der Waals surface area contributed by atoms with Crippen LogP contribution in [0.2, 0.25) is 5.02 Å². The lowest BCUT2D eigenvalue weighted by Crippen LogP contribution is -2.25. The fourth-order valence-corrected chi connectivity index (χ4v) is 3.76. The molecule has 2 aromatic carbocycles. The monoisotopic (exact) mass is 397 g/mol. The van der Waals surface area contributed by atoms with Gasteiger partial charge in [0.1, 0.15) is 5.75 Å². The van der Waals surface area contributed by atoms with E-state index in [1.807, 2.05) is 50.2 Å². The maximum atomic E-state index is 12.6. The van der Waals surface area contributed by atoms with Gasteiger partial charge in [-0.25, -0.2) is 0 Å². The summed E-state index contributed by atoms with van der Waals surface area (Å²) in [5.74, 6) is 1.60. The fraction of sp³-hybridized carbons (Fsp3) is 0.286. The van der Waals surface area contributed by atoms with Gasteiger partial charge in [0.2, 0.25) is 17.6 Å². The number of benzene rings is 2. The first kappa shape index (κ1) is 18.5. The highest BCUT2D eigenvalue weighted by Gasteiger charge is 2.36. The zero-order chi connectivity index (χ0) is 19.7. The SMILES string of the molecule is CCOc1ccc(-c2noc(C3CC(=O)N(c4c(C)cccc4Cl)C3)n2)cc1. The molecule has 4 rings (SSSR count). The van der Waals surface area contributed by atoms with Crippen LogP contribution in [-0.4, -0.2) is 29.2 Å². The zero-order valence-electron chi connectivity index (χ0n) is 15.7. The first-order chi connectivity index (χ1) is 13.6. The molecule has 0 aliphatic carbocycles. The highest BCUT2D eigenvalue weighted by Crippen LogP contribution is 2.37. The van der Waals surface area contributed by atoms with Crippen molar-refractivity contribution in [3.63, 3.8) is 0 Å². The first-order valence-electron chi connectivity index (χ1n) is 9.19. The minimum absolute atomic E-state index is 0.00187. The van der Waals surface area contributed by atoms with Crippen LogP contribution in [0.3, 0.4) is 0 Å². The minimum atomic E-state index is -0.160. The van der Waals surface area contributed by atoms with Gasteiger partial charge in [-0.15, -0.1) is 0 Å². The molecule has 1 saturated heterocycles. The summed E-state index contributed by atoms with van der Waals surface area (Å²) < 4.78 is 10.9. The molecular weight excluding hydrogens is 378 g/mol. The number of hydrogen-bond acceptors (Lipinski definition) is 5. The third-order valence-electron chi connectivity index (χ3n) is 4.80. The molecule has 6 nitrogen and oxygen atoms in total. The molecule has 7 heteroatoms. The number of hydrogen-bond donors (Lipinski definition) is 0. The van der Waals surface area contributed by atoms with Gasteiger partial charge in [0.15, 0.2) is 0 Å². The van der Waals surface area contributed by atoms with E-state index >= 15 is 0 Å². The van der Waals surface area contributed by atoms with Gasteiger partial charge in [-0.05, 0) is 49.7 Å². The number of carbonyl (C=O) groups excluding carboxylic acids is 1. The number of nitrogens with zero attached hydrogens (tertiary/aromatic N) is 3. The van der Waals surface area contributed by atoms with E-state index in [9.17, 15) is 4.79 Å². The van der Waals surface area contributed by atoms with Crippen LogP contribution in [0.5, 0.6) is 5.75 Å². The Morgan fingerprint density at radius 2 is 2.04 bits per heavy atom. The topological polar surface area (TPSA) is 68.5 Å². The van der Waals surface area contributed by atoms with E-state index in [4.69, 9.17) is 20.9 Å². The molecule has 1 aliphatic rings. The predicted octanol–water partition coefficient (Wildman–Crippen LogP) is 4.62. The van der Waals surface area contributed by atoms with Crippen LogP contribution < -0.4 is 9.64 Å². The van der Waals surface area contributed by atoms with E-state index in [0.717, 1.165) is 22.6 Å². The number of aryl methyl sites for hydroxylation is 1. The van der Waals surface area contributed by atoms with Crippen molar-refractivity contribution >= 4 is 23.2 Å². The minimum Gasteiger partial charge on any atom is -0.494 e. The van der Waals surface area contributed by atoms with Gasteiger partial charge in [0.05, 0.1) is 23.2 Å². The van der Waals surface area contributed by atoms with Crippen molar-refractivity contribution in [1.82, 2.24) is 10.1 Å². The van der Waals surface area contributed by atoms with Gasteiger partial charge in [-0.1, -0.05) is 28.9 Å². The third kappa shape index (κ3) is 3.47. The molecule has 28 heavy (non-hydrogen) atoms. The Bertz CT molecular complexity index is 980. The number of halogens is 1. The van der Waals surface area contributed by atoms with E-state index in [-0.39, 0.29) is 11.8 Å². The average Bonchev–Trinajstić information content (AvgIpc) is 3.30. The van der Waals surface area contributed by atoms with E-state index < -0.39 is 0 Å². The number of anilines is 1. The van der Waals surface area contributed by atoms with Crippen molar-refractivity contribution in [2.24, 2.45) is 0 Å². The molecule has 1 fully saturated rings. The molecule has 1 aliphatic heterocycles. The average molecular weight is 398 g/mol. The molecule has 1 aromatic heterocycles. The highest BCUT2D eigenvalue weighted by molar-refractivity contribution is 6.34. The van der Waals surface area contributed by atoms with Crippen LogP contribution in [0.15, 0.2) is 47.0 Å². The van der Waals surface area contributed by atoms with Gasteiger partial charge in [0.25, 0.3) is 0 Å². The molecule has 0 N–H and O–H groups in total. The molecule has 0 bridgehead atoms. The lowest BCUT2D eigenvalue weighted by atomic mass is 10.1. The van der Waals surface area contributed by atoms with Crippen LogP contribution in [0.4, 0.5) is 5.69 Å². The number of carbonyl (C=O) groups is 1. The van der Waals surface area contributed by atoms with Gasteiger partial charge in [-0.2, -0.15) is 4.98 Å². The normalized spacial score (nSPS) is 16.6. The second kappa shape index (κ2) is 7.64. The summed E-state index contributed by atoms with van der Waals surface area (Å²) >= 11 is 6.33. The maximum Gasteiger partial charge on any atom is 0.232 e. The lowest BCUT2D eigenvalue weighted by molar-refractivity contribution is -0.117. The summed E-state index contributed by atoms with van der Waals surface area (Å²) in [6.07, 6.45) is 0.315. The fourth-order valence-electron chi connectivity index (χ4n) is 3.44. The van der Waals surface area contributed by atoms with Crippen LogP contribution in [0.1, 0.15) is 30.7 Å². The molecule has 0 saturated carbocycles.